The van der Waals surface area contributed by atoms with E-state index in [2.05, 4.69) is 31.3 Å². The van der Waals surface area contributed by atoms with Gasteiger partial charge in [-0.2, -0.15) is 0 Å². The van der Waals surface area contributed by atoms with Crippen LogP contribution in [0.15, 0.2) is 24.3 Å². The molecule has 0 aromatic carbocycles. The molecule has 0 aliphatic heterocycles. The quantitative estimate of drug-likeness (QED) is 0.0243. The molecule has 0 spiro atoms. The summed E-state index contributed by atoms with van der Waals surface area (Å²) in [5.41, 5.74) is 0. The molecule has 3 N–H and O–H groups in total. The lowest BCUT2D eigenvalue weighted by Crippen LogP contribution is -2.45. The highest BCUT2D eigenvalue weighted by molar-refractivity contribution is 7.47. The Morgan fingerprint density at radius 3 is 1.10 bits per heavy atom. The van der Waals surface area contributed by atoms with Gasteiger partial charge < -0.3 is 19.8 Å². The lowest BCUT2D eigenvalue weighted by molar-refractivity contribution is -0.870. The van der Waals surface area contributed by atoms with Gasteiger partial charge in [0, 0.05) is 6.42 Å². The number of phosphoric ester groups is 1. The zero-order valence-corrected chi connectivity index (χ0v) is 50.5. The Balaban J connectivity index is 4.13. The van der Waals surface area contributed by atoms with E-state index in [-0.39, 0.29) is 19.1 Å². The second-order valence-corrected chi connectivity index (χ2v) is 24.9. The maximum absolute atomic E-state index is 13.0. The van der Waals surface area contributed by atoms with Crippen LogP contribution in [0.4, 0.5) is 0 Å². The van der Waals surface area contributed by atoms with E-state index in [1.54, 1.807) is 6.08 Å². The molecule has 0 saturated heterocycles. The highest BCUT2D eigenvalue weighted by atomic mass is 31.2. The summed E-state index contributed by atoms with van der Waals surface area (Å²) in [4.78, 5) is 23.4. The molecule has 0 aromatic heterocycles. The Bertz CT molecular complexity index is 1240. The number of nitrogens with one attached hydrogen (secondary N) is 1. The molecule has 1 amide bonds. The number of aliphatic hydroxyl groups is 1. The minimum Gasteiger partial charge on any atom is -0.387 e. The monoisotopic (exact) mass is 1050 g/mol. The van der Waals surface area contributed by atoms with Crippen molar-refractivity contribution in [3.05, 3.63) is 24.3 Å². The highest BCUT2D eigenvalue weighted by Gasteiger charge is 2.27. The third kappa shape index (κ3) is 58.5. The number of nitrogens with zero attached hydrogens (tertiary/aromatic N) is 1. The van der Waals surface area contributed by atoms with Crippen LogP contribution in [0, 0.1) is 0 Å². The van der Waals surface area contributed by atoms with Crippen LogP contribution in [-0.4, -0.2) is 73.4 Å². The van der Waals surface area contributed by atoms with E-state index in [1.165, 1.54) is 270 Å². The average Bonchev–Trinajstić information content (AvgIpc) is 3.35. The van der Waals surface area contributed by atoms with Gasteiger partial charge in [0.15, 0.2) is 0 Å². The van der Waals surface area contributed by atoms with Gasteiger partial charge in [-0.05, 0) is 32.1 Å². The third-order valence-corrected chi connectivity index (χ3v) is 15.9. The van der Waals surface area contributed by atoms with Gasteiger partial charge in [-0.3, -0.25) is 13.8 Å². The highest BCUT2D eigenvalue weighted by Crippen LogP contribution is 2.43. The van der Waals surface area contributed by atoms with Gasteiger partial charge >= 0.3 is 7.82 Å². The van der Waals surface area contributed by atoms with Crippen LogP contribution in [0.5, 0.6) is 0 Å². The molecule has 0 aromatic rings. The van der Waals surface area contributed by atoms with Crippen LogP contribution >= 0.6 is 7.82 Å². The van der Waals surface area contributed by atoms with Gasteiger partial charge in [-0.15, -0.1) is 0 Å². The topological polar surface area (TPSA) is 105 Å². The Morgan fingerprint density at radius 2 is 0.753 bits per heavy atom. The van der Waals surface area contributed by atoms with Crippen molar-refractivity contribution in [3.8, 4) is 0 Å². The first-order valence-corrected chi connectivity index (χ1v) is 33.7. The largest absolute Gasteiger partial charge is 0.472 e. The van der Waals surface area contributed by atoms with Crippen LogP contribution in [0.2, 0.25) is 0 Å². The number of rotatable bonds is 60. The predicted octanol–water partition coefficient (Wildman–Crippen LogP) is 19.9. The molecule has 0 heterocycles. The molecular formula is C64H128N2O6P+. The maximum atomic E-state index is 13.0. The van der Waals surface area contributed by atoms with E-state index >= 15 is 0 Å². The number of carbonyl (C=O) groups excluding carboxylic acids is 1. The molecule has 0 radical (unpaired) electrons. The number of allylic oxidation sites excluding steroid dienone is 3. The molecule has 434 valence electrons. The second kappa shape index (κ2) is 55.7. The van der Waals surface area contributed by atoms with Crippen LogP contribution in [0.3, 0.4) is 0 Å². The van der Waals surface area contributed by atoms with Crippen molar-refractivity contribution in [2.24, 2.45) is 0 Å². The first-order valence-electron chi connectivity index (χ1n) is 32.2. The second-order valence-electron chi connectivity index (χ2n) is 23.5. The number of likely N-dealkylation sites (N-methyl/N-ethyl adjacent to an activating group) is 1. The first kappa shape index (κ1) is 72.0. The van der Waals surface area contributed by atoms with Crippen molar-refractivity contribution in [2.45, 2.75) is 341 Å². The summed E-state index contributed by atoms with van der Waals surface area (Å²) in [7, 11) is 1.57. The zero-order chi connectivity index (χ0) is 53.5. The minimum atomic E-state index is -4.36. The van der Waals surface area contributed by atoms with Crippen LogP contribution < -0.4 is 5.32 Å². The molecular weight excluding hydrogens is 924 g/mol. The summed E-state index contributed by atoms with van der Waals surface area (Å²) in [5.74, 6) is -0.179. The van der Waals surface area contributed by atoms with Crippen LogP contribution in [-0.2, 0) is 18.4 Å². The fourth-order valence-electron chi connectivity index (χ4n) is 9.89. The van der Waals surface area contributed by atoms with E-state index < -0.39 is 20.0 Å². The summed E-state index contributed by atoms with van der Waals surface area (Å²) >= 11 is 0. The number of carbonyl (C=O) groups is 1. The Kier molecular flexibility index (Phi) is 54.9. The Morgan fingerprint density at radius 1 is 0.452 bits per heavy atom. The molecule has 3 unspecified atom stereocenters. The molecule has 0 bridgehead atoms. The van der Waals surface area contributed by atoms with Gasteiger partial charge in [0.2, 0.25) is 5.91 Å². The molecule has 3 atom stereocenters. The van der Waals surface area contributed by atoms with Gasteiger partial charge in [-0.25, -0.2) is 4.57 Å². The first-order chi connectivity index (χ1) is 35.5. The van der Waals surface area contributed by atoms with Gasteiger partial charge in [0.25, 0.3) is 0 Å². The summed E-state index contributed by atoms with van der Waals surface area (Å²) in [6.07, 6.45) is 71.7. The van der Waals surface area contributed by atoms with Crippen molar-refractivity contribution in [1.29, 1.82) is 0 Å². The van der Waals surface area contributed by atoms with Crippen molar-refractivity contribution < 1.29 is 32.9 Å². The molecule has 0 rings (SSSR count). The van der Waals surface area contributed by atoms with Crippen molar-refractivity contribution >= 4 is 13.7 Å². The normalized spacial score (nSPS) is 13.9. The smallest absolute Gasteiger partial charge is 0.387 e. The molecule has 0 fully saturated rings. The summed E-state index contributed by atoms with van der Waals surface area (Å²) in [6, 6.07) is -0.861. The van der Waals surface area contributed by atoms with Gasteiger partial charge in [-0.1, -0.05) is 314 Å². The number of quaternary nitrogens is 1. The van der Waals surface area contributed by atoms with E-state index in [4.69, 9.17) is 9.05 Å². The van der Waals surface area contributed by atoms with E-state index in [0.717, 1.165) is 38.5 Å². The molecule has 9 heteroatoms. The Hall–Kier alpha value is -1.02. The average molecular weight is 1050 g/mol. The summed E-state index contributed by atoms with van der Waals surface area (Å²) in [5, 5.41) is 14.0. The number of aliphatic hydroxyl groups excluding tert-OH is 1. The van der Waals surface area contributed by atoms with E-state index in [9.17, 15) is 19.4 Å². The lowest BCUT2D eigenvalue weighted by atomic mass is 10.0. The molecule has 0 saturated carbocycles. The standard InChI is InChI=1S/C64H127N2O6P/c1-6-8-10-12-14-16-18-20-22-24-26-28-30-32-33-34-36-38-40-42-44-46-48-50-52-54-56-58-64(68)65-62(61-72-73(69,70)71-60-59-66(3,4)5)63(67)57-55-53-51-49-47-45-43-41-39-37-35-31-29-27-25-23-21-19-17-15-13-11-9-7-2/h47,49,55,57,62-63,67H,6-46,48,50-54,56,58-61H2,1-5H3,(H-,65,68,69,70)/p+1/b49-47+,57-55+. The number of hydrogen-bond donors (Lipinski definition) is 3. The predicted molar refractivity (Wildman–Crippen MR) is 318 cm³/mol. The molecule has 73 heavy (non-hydrogen) atoms. The minimum absolute atomic E-state index is 0.0590. The molecule has 8 nitrogen and oxygen atoms in total. The number of phosphoric acid groups is 1. The van der Waals surface area contributed by atoms with Gasteiger partial charge in [0.1, 0.15) is 13.2 Å². The molecule has 0 aliphatic carbocycles. The van der Waals surface area contributed by atoms with E-state index in [0.29, 0.717) is 17.4 Å². The zero-order valence-electron chi connectivity index (χ0n) is 49.7. The SMILES string of the molecule is CCCCCCCCCCCCCCCCCCCC/C=C/CC/C=C/C(O)C(COP(=O)(O)OCC[N+](C)(C)C)NC(=O)CCCCCCCCCCCCCCCCCCCCCCCCCCCCC. The summed E-state index contributed by atoms with van der Waals surface area (Å²) < 4.78 is 23.8. The van der Waals surface area contributed by atoms with Crippen molar-refractivity contribution in [2.75, 3.05) is 40.9 Å². The molecule has 0 aliphatic rings. The number of hydrogen-bond acceptors (Lipinski definition) is 5. The summed E-state index contributed by atoms with van der Waals surface area (Å²) in [6.45, 7) is 4.85. The fraction of sp³-hybridized carbons (Fsp3) is 0.922. The van der Waals surface area contributed by atoms with Crippen molar-refractivity contribution in [3.63, 3.8) is 0 Å². The van der Waals surface area contributed by atoms with Crippen LogP contribution in [0.25, 0.3) is 0 Å². The fourth-order valence-corrected chi connectivity index (χ4v) is 10.6. The van der Waals surface area contributed by atoms with Gasteiger partial charge in [0.05, 0.1) is 39.9 Å². The third-order valence-electron chi connectivity index (χ3n) is 14.9. The Labute approximate surface area is 455 Å². The lowest BCUT2D eigenvalue weighted by Gasteiger charge is -2.25. The van der Waals surface area contributed by atoms with Crippen LogP contribution in [0.1, 0.15) is 328 Å². The maximum Gasteiger partial charge on any atom is 0.472 e. The van der Waals surface area contributed by atoms with Crippen molar-refractivity contribution in [1.82, 2.24) is 5.32 Å². The number of unbranched alkanes of at least 4 members (excludes halogenated alkanes) is 45. The van der Waals surface area contributed by atoms with E-state index in [1.807, 2.05) is 27.2 Å². The number of amides is 1.